The molecule has 0 aromatic carbocycles. The summed E-state index contributed by atoms with van der Waals surface area (Å²) in [5, 5.41) is 0. The van der Waals surface area contributed by atoms with Crippen molar-refractivity contribution in [3.05, 3.63) is 61.3 Å². The van der Waals surface area contributed by atoms with Crippen molar-refractivity contribution in [3.8, 4) is 0 Å². The Morgan fingerprint density at radius 3 is 2.21 bits per heavy atom. The fraction of sp³-hybridized carbons (Fsp3) is 0.286. The van der Waals surface area contributed by atoms with Crippen molar-refractivity contribution in [1.82, 2.24) is 0 Å². The molecule has 0 heterocycles. The third-order valence-electron chi connectivity index (χ3n) is 2.04. The third kappa shape index (κ3) is 4.08. The van der Waals surface area contributed by atoms with Gasteiger partial charge in [-0.25, -0.2) is 0 Å². The van der Waals surface area contributed by atoms with Crippen LogP contribution in [0.5, 0.6) is 0 Å². The van der Waals surface area contributed by atoms with Crippen molar-refractivity contribution in [2.45, 2.75) is 20.8 Å². The van der Waals surface area contributed by atoms with Gasteiger partial charge in [-0.15, -0.1) is 0 Å². The van der Waals surface area contributed by atoms with Gasteiger partial charge in [0.1, 0.15) is 0 Å². The van der Waals surface area contributed by atoms with Crippen LogP contribution in [0, 0.1) is 5.41 Å². The molecule has 0 heteroatoms. The van der Waals surface area contributed by atoms with E-state index < -0.39 is 0 Å². The summed E-state index contributed by atoms with van der Waals surface area (Å²) in [5.41, 5.74) is 1.27. The fourth-order valence-electron chi connectivity index (χ4n) is 1.20. The number of hydrogen-bond acceptors (Lipinski definition) is 0. The topological polar surface area (TPSA) is 0 Å². The monoisotopic (exact) mass is 188 g/mol. The second kappa shape index (κ2) is 6.20. The fourth-order valence-corrected chi connectivity index (χ4v) is 1.20. The molecule has 14 heavy (non-hydrogen) atoms. The van der Waals surface area contributed by atoms with Crippen LogP contribution in [0.1, 0.15) is 20.8 Å². The zero-order valence-corrected chi connectivity index (χ0v) is 9.46. The summed E-state index contributed by atoms with van der Waals surface area (Å²) in [5.74, 6) is 0. The number of rotatable bonds is 5. The highest BCUT2D eigenvalue weighted by Crippen LogP contribution is 2.29. The minimum atomic E-state index is 0.0227. The average molecular weight is 188 g/mol. The molecule has 0 aromatic heterocycles. The van der Waals surface area contributed by atoms with Gasteiger partial charge < -0.3 is 0 Å². The summed E-state index contributed by atoms with van der Waals surface area (Å²) < 4.78 is 0. The normalized spacial score (nSPS) is 13.8. The van der Waals surface area contributed by atoms with Gasteiger partial charge in [0, 0.05) is 5.41 Å². The Bertz CT molecular complexity index is 272. The lowest BCUT2D eigenvalue weighted by molar-refractivity contribution is 0.595. The lowest BCUT2D eigenvalue weighted by Gasteiger charge is -2.21. The Hall–Kier alpha value is -1.30. The van der Waals surface area contributed by atoms with Gasteiger partial charge >= 0.3 is 0 Å². The Labute approximate surface area is 88.0 Å². The molecule has 0 aliphatic heterocycles. The van der Waals surface area contributed by atoms with Crippen LogP contribution in [0.4, 0.5) is 0 Å². The third-order valence-corrected chi connectivity index (χ3v) is 2.04. The Balaban J connectivity index is 4.98. The van der Waals surface area contributed by atoms with E-state index in [1.807, 2.05) is 31.2 Å². The molecule has 76 valence electrons. The zero-order chi connectivity index (χ0) is 11.0. The van der Waals surface area contributed by atoms with Crippen molar-refractivity contribution in [2.75, 3.05) is 0 Å². The molecular weight excluding hydrogens is 168 g/mol. The molecule has 0 amide bonds. The molecule has 0 aromatic rings. The Morgan fingerprint density at radius 2 is 1.79 bits per heavy atom. The molecule has 0 saturated carbocycles. The molecule has 0 spiro atoms. The Kier molecular flexibility index (Phi) is 5.62. The lowest BCUT2D eigenvalue weighted by atomic mass is 9.83. The van der Waals surface area contributed by atoms with Crippen molar-refractivity contribution in [2.24, 2.45) is 5.41 Å². The largest absolute Gasteiger partial charge is 0.0991 e. The van der Waals surface area contributed by atoms with E-state index in [-0.39, 0.29) is 5.41 Å². The molecule has 0 nitrogen and oxygen atoms in total. The van der Waals surface area contributed by atoms with Crippen LogP contribution in [0.25, 0.3) is 0 Å². The van der Waals surface area contributed by atoms with Gasteiger partial charge in [-0.1, -0.05) is 69.5 Å². The number of hydrogen-bond donors (Lipinski definition) is 0. The SMILES string of the molecule is C=C/C=C\C(C)(C)C(/C=C\C)=C/C=C. The molecule has 0 aliphatic carbocycles. The van der Waals surface area contributed by atoms with E-state index in [4.69, 9.17) is 0 Å². The minimum absolute atomic E-state index is 0.0227. The van der Waals surface area contributed by atoms with Gasteiger partial charge in [0.15, 0.2) is 0 Å². The van der Waals surface area contributed by atoms with Gasteiger partial charge in [-0.3, -0.25) is 0 Å². The second-order valence-corrected chi connectivity index (χ2v) is 3.67. The van der Waals surface area contributed by atoms with Crippen LogP contribution < -0.4 is 0 Å². The smallest absolute Gasteiger partial charge is 0.00783 e. The molecule has 0 N–H and O–H groups in total. The minimum Gasteiger partial charge on any atom is -0.0991 e. The summed E-state index contributed by atoms with van der Waals surface area (Å²) >= 11 is 0. The molecule has 0 radical (unpaired) electrons. The number of allylic oxidation sites excluding steroid dienone is 8. The Morgan fingerprint density at radius 1 is 1.14 bits per heavy atom. The van der Waals surface area contributed by atoms with Gasteiger partial charge in [0.25, 0.3) is 0 Å². The van der Waals surface area contributed by atoms with Crippen LogP contribution in [0.15, 0.2) is 61.3 Å². The first-order chi connectivity index (χ1) is 6.58. The average Bonchev–Trinajstić information content (AvgIpc) is 2.14. The molecular formula is C14H20. The van der Waals surface area contributed by atoms with Gasteiger partial charge in [0.2, 0.25) is 0 Å². The van der Waals surface area contributed by atoms with Crippen molar-refractivity contribution >= 4 is 0 Å². The van der Waals surface area contributed by atoms with Crippen molar-refractivity contribution in [1.29, 1.82) is 0 Å². The molecule has 0 fully saturated rings. The standard InChI is InChI=1S/C14H20/c1-6-9-12-14(4,5)13(10-7-2)11-8-3/h6-12H,1-2H2,3-5H3/b11-8-,12-9-,13-10+. The molecule has 0 aliphatic rings. The summed E-state index contributed by atoms with van der Waals surface area (Å²) in [6, 6.07) is 0. The van der Waals surface area contributed by atoms with Crippen molar-refractivity contribution in [3.63, 3.8) is 0 Å². The maximum absolute atomic E-state index is 3.72. The first kappa shape index (κ1) is 12.7. The molecule has 0 rings (SSSR count). The highest BCUT2D eigenvalue weighted by atomic mass is 14.2. The molecule has 0 atom stereocenters. The lowest BCUT2D eigenvalue weighted by Crippen LogP contribution is -2.09. The van der Waals surface area contributed by atoms with Gasteiger partial charge in [0.05, 0.1) is 0 Å². The van der Waals surface area contributed by atoms with Crippen LogP contribution in [-0.4, -0.2) is 0 Å². The van der Waals surface area contributed by atoms with Gasteiger partial charge in [-0.2, -0.15) is 0 Å². The molecule has 0 saturated heterocycles. The van der Waals surface area contributed by atoms with Crippen LogP contribution in [0.3, 0.4) is 0 Å². The molecule has 0 bridgehead atoms. The maximum Gasteiger partial charge on any atom is 0.00783 e. The highest BCUT2D eigenvalue weighted by molar-refractivity contribution is 5.33. The predicted molar refractivity (Wildman–Crippen MR) is 66.2 cm³/mol. The van der Waals surface area contributed by atoms with E-state index in [2.05, 4.69) is 39.2 Å². The van der Waals surface area contributed by atoms with Crippen LogP contribution in [0.2, 0.25) is 0 Å². The first-order valence-electron chi connectivity index (χ1n) is 4.84. The molecule has 0 unspecified atom stereocenters. The van der Waals surface area contributed by atoms with E-state index in [0.29, 0.717) is 0 Å². The predicted octanol–water partition coefficient (Wildman–Crippen LogP) is 4.44. The van der Waals surface area contributed by atoms with Crippen molar-refractivity contribution < 1.29 is 0 Å². The summed E-state index contributed by atoms with van der Waals surface area (Å²) in [4.78, 5) is 0. The van der Waals surface area contributed by atoms with Crippen LogP contribution in [-0.2, 0) is 0 Å². The zero-order valence-electron chi connectivity index (χ0n) is 9.46. The van der Waals surface area contributed by atoms with E-state index >= 15 is 0 Å². The summed E-state index contributed by atoms with van der Waals surface area (Å²) in [6.07, 6.45) is 13.9. The van der Waals surface area contributed by atoms with E-state index in [9.17, 15) is 0 Å². The van der Waals surface area contributed by atoms with E-state index in [0.717, 1.165) is 0 Å². The van der Waals surface area contributed by atoms with E-state index in [1.54, 1.807) is 6.08 Å². The highest BCUT2D eigenvalue weighted by Gasteiger charge is 2.16. The quantitative estimate of drug-likeness (QED) is 0.559. The summed E-state index contributed by atoms with van der Waals surface area (Å²) in [6.45, 7) is 13.7. The summed E-state index contributed by atoms with van der Waals surface area (Å²) in [7, 11) is 0. The maximum atomic E-state index is 3.72. The van der Waals surface area contributed by atoms with E-state index in [1.165, 1.54) is 5.57 Å². The van der Waals surface area contributed by atoms with Crippen LogP contribution >= 0.6 is 0 Å². The second-order valence-electron chi connectivity index (χ2n) is 3.67. The first-order valence-corrected chi connectivity index (χ1v) is 4.84. The van der Waals surface area contributed by atoms with Gasteiger partial charge in [-0.05, 0) is 12.5 Å².